The molecule has 1 aromatic carbocycles. The number of rotatable bonds is 3. The minimum Gasteiger partial charge on any atom is -0.386 e. The Morgan fingerprint density at radius 3 is 2.66 bits per heavy atom. The van der Waals surface area contributed by atoms with Crippen LogP contribution in [0.4, 0.5) is 10.1 Å². The van der Waals surface area contributed by atoms with Crippen molar-refractivity contribution in [2.75, 3.05) is 11.9 Å². The van der Waals surface area contributed by atoms with Crippen molar-refractivity contribution in [2.45, 2.75) is 56.6 Å². The molecule has 3 N–H and O–H groups in total. The normalized spacial score (nSPS) is 28.4. The molecule has 7 nitrogen and oxygen atoms in total. The number of carbonyl (C=O) groups excluding carboxylic acids is 1. The third kappa shape index (κ3) is 3.21. The van der Waals surface area contributed by atoms with Gasteiger partial charge in [-0.2, -0.15) is 0 Å². The fraction of sp³-hybridized carbons (Fsp3) is 0.435. The lowest BCUT2D eigenvalue weighted by Crippen LogP contribution is -2.58. The number of aryl methyl sites for hydroxylation is 2. The zero-order valence-electron chi connectivity index (χ0n) is 18.9. The average Bonchev–Trinajstić information content (AvgIpc) is 3.13. The van der Waals surface area contributed by atoms with E-state index in [1.807, 2.05) is 19.9 Å². The number of fused-ring (bicyclic) bond motifs is 1. The van der Waals surface area contributed by atoms with Gasteiger partial charge in [-0.15, -0.1) is 0 Å². The van der Waals surface area contributed by atoms with E-state index in [-0.39, 0.29) is 11.4 Å². The number of aliphatic imine (C=N–C) groups is 1. The second-order valence-electron chi connectivity index (χ2n) is 9.18. The first-order chi connectivity index (χ1) is 14.9. The molecule has 2 aromatic rings. The third-order valence-corrected chi connectivity index (χ3v) is 10.3. The topological polar surface area (TPSA) is 110 Å². The largest absolute Gasteiger partial charge is 0.386 e. The Hall–Kier alpha value is -2.81. The molecule has 170 valence electrons. The van der Waals surface area contributed by atoms with Crippen LogP contribution in [0.15, 0.2) is 39.8 Å². The second kappa shape index (κ2) is 7.37. The lowest BCUT2D eigenvalue weighted by molar-refractivity contribution is 0.102. The van der Waals surface area contributed by atoms with Crippen molar-refractivity contribution in [1.29, 1.82) is 0 Å². The number of pyridine rings is 1. The quantitative estimate of drug-likeness (QED) is 0.732. The molecule has 4 rings (SSSR count). The van der Waals surface area contributed by atoms with E-state index < -0.39 is 37.0 Å². The fourth-order valence-corrected chi connectivity index (χ4v) is 7.80. The number of benzene rings is 1. The lowest BCUT2D eigenvalue weighted by Gasteiger charge is -2.44. The summed E-state index contributed by atoms with van der Waals surface area (Å²) in [6.07, 6.45) is 2.15. The molecule has 0 spiro atoms. The van der Waals surface area contributed by atoms with Gasteiger partial charge in [0.05, 0.1) is 15.0 Å². The zero-order chi connectivity index (χ0) is 23.5. The maximum absolute atomic E-state index is 15.1. The van der Waals surface area contributed by atoms with Gasteiger partial charge in [-0.25, -0.2) is 13.0 Å². The number of nitrogens with two attached hydrogens (primary N) is 1. The van der Waals surface area contributed by atoms with E-state index >= 15 is 4.39 Å². The molecule has 9 heteroatoms. The molecule has 1 amide bonds. The molecular formula is C23H28FN5O2S. The maximum Gasteiger partial charge on any atom is 0.274 e. The van der Waals surface area contributed by atoms with Crippen molar-refractivity contribution in [3.63, 3.8) is 0 Å². The molecule has 1 aromatic heterocycles. The van der Waals surface area contributed by atoms with Gasteiger partial charge in [0.25, 0.3) is 5.91 Å². The minimum absolute atomic E-state index is 0.195. The Labute approximate surface area is 187 Å². The summed E-state index contributed by atoms with van der Waals surface area (Å²) in [6.45, 7) is 9.43. The number of nitrogens with one attached hydrogen (secondary N) is 1. The number of amidine groups is 1. The highest BCUT2D eigenvalue weighted by molar-refractivity contribution is 7.96. The molecule has 2 aliphatic heterocycles. The first kappa shape index (κ1) is 22.4. The minimum atomic E-state index is -2.78. The number of halogens is 1. The van der Waals surface area contributed by atoms with Crippen molar-refractivity contribution in [3.05, 3.63) is 58.7 Å². The van der Waals surface area contributed by atoms with Crippen LogP contribution < -0.4 is 11.1 Å². The summed E-state index contributed by atoms with van der Waals surface area (Å²) in [6, 6.07) is 6.19. The van der Waals surface area contributed by atoms with E-state index in [0.717, 1.165) is 11.1 Å². The molecule has 0 saturated heterocycles. The number of amides is 1. The first-order valence-corrected chi connectivity index (χ1v) is 12.1. The number of anilines is 1. The van der Waals surface area contributed by atoms with Crippen LogP contribution in [0, 0.1) is 19.7 Å². The molecule has 2 aliphatic rings. The van der Waals surface area contributed by atoms with Crippen molar-refractivity contribution in [2.24, 2.45) is 15.1 Å². The van der Waals surface area contributed by atoms with Crippen LogP contribution in [0.3, 0.4) is 0 Å². The number of carbonyl (C=O) groups is 1. The molecule has 3 atom stereocenters. The summed E-state index contributed by atoms with van der Waals surface area (Å²) in [7, 11) is -2.78. The summed E-state index contributed by atoms with van der Waals surface area (Å²) in [5.74, 6) is -0.696. The van der Waals surface area contributed by atoms with E-state index in [1.165, 1.54) is 12.1 Å². The van der Waals surface area contributed by atoms with Gasteiger partial charge in [0.15, 0.2) is 0 Å². The number of hydrogen-bond acceptors (Lipinski definition) is 6. The lowest BCUT2D eigenvalue weighted by atomic mass is 9.85. The number of aromatic nitrogens is 1. The van der Waals surface area contributed by atoms with Crippen molar-refractivity contribution >= 4 is 27.2 Å². The highest BCUT2D eigenvalue weighted by atomic mass is 32.2. The highest BCUT2D eigenvalue weighted by Gasteiger charge is 2.56. The molecule has 0 bridgehead atoms. The molecule has 0 aliphatic carbocycles. The molecule has 0 saturated carbocycles. The van der Waals surface area contributed by atoms with E-state index in [2.05, 4.69) is 19.7 Å². The van der Waals surface area contributed by atoms with Crippen LogP contribution in [-0.4, -0.2) is 37.5 Å². The maximum atomic E-state index is 15.1. The predicted molar refractivity (Wildman–Crippen MR) is 125 cm³/mol. The number of hydrogen-bond donors (Lipinski definition) is 2. The van der Waals surface area contributed by atoms with Gasteiger partial charge in [-0.05, 0) is 70.4 Å². The van der Waals surface area contributed by atoms with Crippen LogP contribution in [0.1, 0.15) is 54.4 Å². The smallest absolute Gasteiger partial charge is 0.274 e. The molecular weight excluding hydrogens is 429 g/mol. The third-order valence-electron chi connectivity index (χ3n) is 6.59. The van der Waals surface area contributed by atoms with Gasteiger partial charge >= 0.3 is 0 Å². The van der Waals surface area contributed by atoms with Crippen LogP contribution in [0.5, 0.6) is 0 Å². The monoisotopic (exact) mass is 457 g/mol. The first-order valence-electron chi connectivity index (χ1n) is 10.5. The average molecular weight is 458 g/mol. The van der Waals surface area contributed by atoms with Crippen molar-refractivity contribution in [3.8, 4) is 0 Å². The van der Waals surface area contributed by atoms with Crippen LogP contribution in [0.25, 0.3) is 0 Å². The highest BCUT2D eigenvalue weighted by Crippen LogP contribution is 2.48. The van der Waals surface area contributed by atoms with Crippen LogP contribution in [-0.2, 0) is 15.3 Å². The fourth-order valence-electron chi connectivity index (χ4n) is 4.64. The van der Waals surface area contributed by atoms with Crippen molar-refractivity contribution in [1.82, 2.24) is 4.98 Å². The predicted octanol–water partition coefficient (Wildman–Crippen LogP) is 3.69. The standard InChI is InChI=1S/C23H28FN5O2S/c1-13-10-14(2)19(26-12-13)20(30)28-15-6-7-17(24)16(11-15)23(5)18-8-9-27-32(18,31)22(3,4)21(25)29-23/h6-7,10-12,18H,8-9H2,1-5H3,(H2,25,29)(H,28,30)/t18-,23+,32?/m0/s1. The Kier molecular flexibility index (Phi) is 5.15. The summed E-state index contributed by atoms with van der Waals surface area (Å²) < 4.78 is 32.6. The molecule has 3 heterocycles. The molecule has 0 radical (unpaired) electrons. The van der Waals surface area contributed by atoms with Crippen molar-refractivity contribution < 1.29 is 13.4 Å². The van der Waals surface area contributed by atoms with Gasteiger partial charge in [0.2, 0.25) is 0 Å². The molecule has 1 unspecified atom stereocenters. The summed E-state index contributed by atoms with van der Waals surface area (Å²) >= 11 is 0. The van der Waals surface area contributed by atoms with Gasteiger partial charge in [-0.1, -0.05) is 6.07 Å². The van der Waals surface area contributed by atoms with E-state index in [0.29, 0.717) is 24.3 Å². The summed E-state index contributed by atoms with van der Waals surface area (Å²) in [5.41, 5.74) is 7.71. The van der Waals surface area contributed by atoms with Crippen LogP contribution in [0.2, 0.25) is 0 Å². The van der Waals surface area contributed by atoms with Gasteiger partial charge in [0.1, 0.15) is 27.6 Å². The van der Waals surface area contributed by atoms with E-state index in [1.54, 1.807) is 33.0 Å². The summed E-state index contributed by atoms with van der Waals surface area (Å²) in [5, 5.41) is 2.31. The SMILES string of the molecule is Cc1cnc(C(=O)Nc2ccc(F)c([C@@]3(C)N=C(N)C(C)(C)S4(=O)=NCC[C@@H]34)c2)c(C)c1. The van der Waals surface area contributed by atoms with E-state index in [4.69, 9.17) is 5.73 Å². The van der Waals surface area contributed by atoms with Gasteiger partial charge in [-0.3, -0.25) is 14.8 Å². The molecule has 0 fully saturated rings. The zero-order valence-corrected chi connectivity index (χ0v) is 19.7. The molecule has 32 heavy (non-hydrogen) atoms. The Balaban J connectivity index is 1.76. The summed E-state index contributed by atoms with van der Waals surface area (Å²) in [4.78, 5) is 21.7. The Bertz CT molecular complexity index is 1280. The van der Waals surface area contributed by atoms with Gasteiger partial charge < -0.3 is 11.1 Å². The van der Waals surface area contributed by atoms with Gasteiger partial charge in [0, 0.05) is 24.0 Å². The number of nitrogens with zero attached hydrogens (tertiary/aromatic N) is 3. The second-order valence-corrected chi connectivity index (χ2v) is 12.2. The Morgan fingerprint density at radius 2 is 1.97 bits per heavy atom. The van der Waals surface area contributed by atoms with Crippen LogP contribution >= 0.6 is 0 Å². The Morgan fingerprint density at radius 1 is 1.25 bits per heavy atom. The van der Waals surface area contributed by atoms with E-state index in [9.17, 15) is 9.00 Å².